The zero-order chi connectivity index (χ0) is 45.5. The first-order chi connectivity index (χ1) is 30.4. The van der Waals surface area contributed by atoms with Crippen LogP contribution >= 0.6 is 11.6 Å². The van der Waals surface area contributed by atoms with Crippen LogP contribution in [0.3, 0.4) is 0 Å². The normalized spacial score (nSPS) is 16.7. The molecule has 0 radical (unpaired) electrons. The molecule has 0 saturated heterocycles. The number of carbonyl (C=O) groups excluding carboxylic acids is 5. The maximum absolute atomic E-state index is 14.5. The molecule has 5 rings (SSSR count). The lowest BCUT2D eigenvalue weighted by Crippen LogP contribution is -2.56. The number of amides is 5. The first-order valence-electron chi connectivity index (χ1n) is 20.4. The van der Waals surface area contributed by atoms with Crippen LogP contribution in [0.2, 0.25) is 5.02 Å². The number of nitrogens with two attached hydrogens (primary N) is 3. The van der Waals surface area contributed by atoms with E-state index in [4.69, 9.17) is 43.5 Å². The number of hydrogen-bond acceptors (Lipinski definition) is 11. The van der Waals surface area contributed by atoms with Crippen LogP contribution in [0.4, 0.5) is 0 Å². The summed E-state index contributed by atoms with van der Waals surface area (Å²) in [6.07, 6.45) is 2.96. The molecule has 17 heteroatoms. The average Bonchev–Trinajstić information content (AvgIpc) is 3.28. The van der Waals surface area contributed by atoms with Crippen LogP contribution in [0.15, 0.2) is 91.0 Å². The quantitative estimate of drug-likeness (QED) is 0.0636. The van der Waals surface area contributed by atoms with E-state index in [1.54, 1.807) is 54.6 Å². The van der Waals surface area contributed by atoms with E-state index >= 15 is 0 Å². The molecule has 10 N–H and O–H groups in total. The van der Waals surface area contributed by atoms with Gasteiger partial charge in [0.25, 0.3) is 0 Å². The number of nitriles is 1. The van der Waals surface area contributed by atoms with E-state index in [0.29, 0.717) is 38.8 Å². The number of carbonyl (C=O) groups is 5. The van der Waals surface area contributed by atoms with Crippen molar-refractivity contribution in [2.75, 3.05) is 46.4 Å². The molecule has 4 bridgehead atoms. The minimum absolute atomic E-state index is 0.00638. The fraction of sp³-hybridized carbons (Fsp3) is 0.304. The standard InChI is InChI=1S/C46H52ClN9O7/c1-28-43(58)55-38(44(59)52-22-19-49)26-30-5-14-39(62-23-20-50)35(25-30)36-27-33(11-15-40(36)63-24-21-51)42(45(60)53-28)56(2)46(61)37(17-18-48)54-41(57)16-6-29-3-7-31(8-4-29)32-9-12-34(47)13-10-32/h3-16,25,27-28,37-38,42H,17-18,20-24,26,48,50-51H2,1-2H3,(H,52,59)(H,53,60)(H,54,57)(H,55,58)/b16-6+/t28-,37-,38-,42-/m0/s1. The zero-order valence-corrected chi connectivity index (χ0v) is 35.8. The number of rotatable bonds is 16. The number of nitrogens with one attached hydrogen (secondary N) is 4. The number of nitrogens with zero attached hydrogens (tertiary/aromatic N) is 2. The Morgan fingerprint density at radius 1 is 0.873 bits per heavy atom. The van der Waals surface area contributed by atoms with Crippen LogP contribution in [-0.4, -0.2) is 99.0 Å². The summed E-state index contributed by atoms with van der Waals surface area (Å²) in [5.74, 6) is -2.49. The minimum Gasteiger partial charge on any atom is -0.492 e. The summed E-state index contributed by atoms with van der Waals surface area (Å²) < 4.78 is 12.1. The van der Waals surface area contributed by atoms with Crippen molar-refractivity contribution in [2.24, 2.45) is 17.2 Å². The molecule has 0 fully saturated rings. The maximum atomic E-state index is 14.5. The molecule has 0 aromatic heterocycles. The summed E-state index contributed by atoms with van der Waals surface area (Å²) in [6, 6.07) is 22.1. The lowest BCUT2D eigenvalue weighted by atomic mass is 9.93. The molecule has 1 aliphatic heterocycles. The molecule has 1 aliphatic rings. The summed E-state index contributed by atoms with van der Waals surface area (Å²) >= 11 is 6.03. The number of likely N-dealkylation sites (N-methyl/N-ethyl adjacent to an activating group) is 1. The topological polar surface area (TPSA) is 257 Å². The molecule has 4 aromatic carbocycles. The third-order valence-corrected chi connectivity index (χ3v) is 10.4. The van der Waals surface area contributed by atoms with Gasteiger partial charge in [-0.3, -0.25) is 24.0 Å². The molecular formula is C46H52ClN9O7. The van der Waals surface area contributed by atoms with E-state index in [1.807, 2.05) is 42.5 Å². The van der Waals surface area contributed by atoms with Crippen LogP contribution < -0.4 is 47.9 Å². The first-order valence-corrected chi connectivity index (χ1v) is 20.7. The van der Waals surface area contributed by atoms with Gasteiger partial charge >= 0.3 is 0 Å². The largest absolute Gasteiger partial charge is 0.492 e. The molecule has 0 unspecified atom stereocenters. The summed E-state index contributed by atoms with van der Waals surface area (Å²) in [5.41, 5.74) is 22.2. The Kier molecular flexibility index (Phi) is 17.2. The van der Waals surface area contributed by atoms with Gasteiger partial charge in [0.05, 0.1) is 6.07 Å². The Bertz CT molecular complexity index is 2330. The van der Waals surface area contributed by atoms with Crippen molar-refractivity contribution in [2.45, 2.75) is 43.9 Å². The van der Waals surface area contributed by atoms with E-state index in [-0.39, 0.29) is 52.2 Å². The van der Waals surface area contributed by atoms with Crippen LogP contribution in [-0.2, 0) is 30.4 Å². The molecule has 4 atom stereocenters. The van der Waals surface area contributed by atoms with Gasteiger partial charge in [-0.25, -0.2) is 0 Å². The van der Waals surface area contributed by atoms with Crippen molar-refractivity contribution >= 4 is 47.2 Å². The molecule has 330 valence electrons. The lowest BCUT2D eigenvalue weighted by Gasteiger charge is -2.32. The number of hydrogen-bond donors (Lipinski definition) is 7. The fourth-order valence-corrected chi connectivity index (χ4v) is 7.08. The highest BCUT2D eigenvalue weighted by Crippen LogP contribution is 2.40. The Labute approximate surface area is 371 Å². The van der Waals surface area contributed by atoms with Crippen LogP contribution in [0.1, 0.15) is 36.1 Å². The van der Waals surface area contributed by atoms with Crippen molar-refractivity contribution < 1.29 is 33.4 Å². The molecule has 5 amide bonds. The van der Waals surface area contributed by atoms with Gasteiger partial charge in [0, 0.05) is 48.8 Å². The highest BCUT2D eigenvalue weighted by atomic mass is 35.5. The summed E-state index contributed by atoms with van der Waals surface area (Å²) in [5, 5.41) is 20.4. The SMILES string of the molecule is C[C@@H]1NC(=O)[C@@H](N(C)C(=O)[C@H](CCN)NC(=O)/C=C/c2ccc(-c3ccc(Cl)cc3)cc2)c2ccc(OCCN)c(c2)-c2cc(ccc2OCCN)C[C@@H](C(=O)NCC#N)NC1=O. The molecule has 16 nitrogen and oxygen atoms in total. The van der Waals surface area contributed by atoms with Gasteiger partial charge in [0.15, 0.2) is 0 Å². The van der Waals surface area contributed by atoms with Crippen molar-refractivity contribution in [1.29, 1.82) is 5.26 Å². The Morgan fingerprint density at radius 3 is 2.11 bits per heavy atom. The van der Waals surface area contributed by atoms with E-state index in [1.165, 1.54) is 24.9 Å². The molecule has 0 saturated carbocycles. The molecule has 0 aliphatic carbocycles. The van der Waals surface area contributed by atoms with Gasteiger partial charge in [0.2, 0.25) is 29.5 Å². The van der Waals surface area contributed by atoms with E-state index in [0.717, 1.165) is 16.7 Å². The third kappa shape index (κ3) is 12.6. The number of halogens is 1. The van der Waals surface area contributed by atoms with Gasteiger partial charge in [-0.05, 0) is 90.2 Å². The zero-order valence-electron chi connectivity index (χ0n) is 35.1. The smallest absolute Gasteiger partial charge is 0.248 e. The second kappa shape index (κ2) is 22.9. The third-order valence-electron chi connectivity index (χ3n) is 10.1. The van der Waals surface area contributed by atoms with Gasteiger partial charge in [0.1, 0.15) is 55.4 Å². The Hall–Kier alpha value is -6.77. The first kappa shape index (κ1) is 47.3. The van der Waals surface area contributed by atoms with Crippen molar-refractivity contribution in [3.8, 4) is 39.8 Å². The van der Waals surface area contributed by atoms with E-state index < -0.39 is 53.7 Å². The number of benzene rings is 4. The van der Waals surface area contributed by atoms with Crippen molar-refractivity contribution in [3.05, 3.63) is 113 Å². The number of fused-ring (bicyclic) bond motifs is 5. The fourth-order valence-electron chi connectivity index (χ4n) is 6.95. The van der Waals surface area contributed by atoms with Gasteiger partial charge in [-0.1, -0.05) is 60.1 Å². The van der Waals surface area contributed by atoms with E-state index in [9.17, 15) is 24.0 Å². The summed E-state index contributed by atoms with van der Waals surface area (Å²) in [6.45, 7) is 1.85. The second-order valence-corrected chi connectivity index (χ2v) is 15.1. The highest BCUT2D eigenvalue weighted by molar-refractivity contribution is 6.30. The van der Waals surface area contributed by atoms with Crippen molar-refractivity contribution in [1.82, 2.24) is 26.2 Å². The van der Waals surface area contributed by atoms with Gasteiger partial charge < -0.3 is 52.8 Å². The Morgan fingerprint density at radius 2 is 1.49 bits per heavy atom. The monoisotopic (exact) mass is 877 g/mol. The predicted octanol–water partition coefficient (Wildman–Crippen LogP) is 2.58. The molecule has 1 heterocycles. The second-order valence-electron chi connectivity index (χ2n) is 14.7. The van der Waals surface area contributed by atoms with Crippen LogP contribution in [0.5, 0.6) is 11.5 Å². The van der Waals surface area contributed by atoms with Crippen LogP contribution in [0.25, 0.3) is 28.3 Å². The van der Waals surface area contributed by atoms with E-state index in [2.05, 4.69) is 21.3 Å². The molecule has 0 spiro atoms. The minimum atomic E-state index is -1.38. The van der Waals surface area contributed by atoms with Crippen LogP contribution in [0, 0.1) is 11.3 Å². The maximum Gasteiger partial charge on any atom is 0.248 e. The summed E-state index contributed by atoms with van der Waals surface area (Å²) in [7, 11) is 1.42. The molecular weight excluding hydrogens is 826 g/mol. The van der Waals surface area contributed by atoms with Crippen molar-refractivity contribution in [3.63, 3.8) is 0 Å². The molecule has 4 aromatic rings. The number of ether oxygens (including phenoxy) is 2. The highest BCUT2D eigenvalue weighted by Gasteiger charge is 2.36. The average molecular weight is 878 g/mol. The molecule has 63 heavy (non-hydrogen) atoms. The Balaban J connectivity index is 1.52. The van der Waals surface area contributed by atoms with Gasteiger partial charge in [-0.2, -0.15) is 5.26 Å². The lowest BCUT2D eigenvalue weighted by molar-refractivity contribution is -0.142. The van der Waals surface area contributed by atoms with Gasteiger partial charge in [-0.15, -0.1) is 0 Å². The predicted molar refractivity (Wildman–Crippen MR) is 240 cm³/mol. The summed E-state index contributed by atoms with van der Waals surface area (Å²) in [4.78, 5) is 70.4.